The van der Waals surface area contributed by atoms with Gasteiger partial charge in [0.15, 0.2) is 0 Å². The van der Waals surface area contributed by atoms with Crippen LogP contribution in [0.5, 0.6) is 0 Å². The van der Waals surface area contributed by atoms with E-state index in [2.05, 4.69) is 37.6 Å². The average Bonchev–Trinajstić information content (AvgIpc) is 1.91. The van der Waals surface area contributed by atoms with Crippen LogP contribution in [0.25, 0.3) is 0 Å². The van der Waals surface area contributed by atoms with Crippen molar-refractivity contribution in [1.29, 1.82) is 0 Å². The van der Waals surface area contributed by atoms with Gasteiger partial charge in [-0.3, -0.25) is 0 Å². The minimum atomic E-state index is 0.653. The quantitative estimate of drug-likeness (QED) is 0.628. The third-order valence-corrected chi connectivity index (χ3v) is 3.05. The molecule has 0 aromatic rings. The molecule has 3 heteroatoms. The summed E-state index contributed by atoms with van der Waals surface area (Å²) in [6.07, 6.45) is 2.38. The molecule has 0 amide bonds. The van der Waals surface area contributed by atoms with E-state index in [0.29, 0.717) is 6.04 Å². The summed E-state index contributed by atoms with van der Waals surface area (Å²) in [6, 6.07) is 0.653. The van der Waals surface area contributed by atoms with Gasteiger partial charge in [-0.1, -0.05) is 6.92 Å². The second-order valence-electron chi connectivity index (χ2n) is 2.58. The normalized spacial score (nSPS) is 14.1. The smallest absolute Gasteiger partial charge is 0.00732 e. The summed E-state index contributed by atoms with van der Waals surface area (Å²) in [5.74, 6) is 0.787. The molecule has 0 aliphatic heterocycles. The first-order chi connectivity index (χ1) is 4.76. The highest BCUT2D eigenvalue weighted by atomic mass is 31.0. The van der Waals surface area contributed by atoms with Crippen LogP contribution in [0.1, 0.15) is 13.8 Å². The third-order valence-electron chi connectivity index (χ3n) is 1.84. The van der Waals surface area contributed by atoms with Gasteiger partial charge in [0, 0.05) is 6.04 Å². The standard InChI is InChI=1S/C7H19NP2/c1-3-8-6(2)7(4-9)5-10/h6-8H,3-5,9-10H2,1-2H3. The highest BCUT2D eigenvalue weighted by Gasteiger charge is 2.10. The summed E-state index contributed by atoms with van der Waals surface area (Å²) in [7, 11) is 5.61. The molecular formula is C7H19NP2. The molecular weight excluding hydrogens is 160 g/mol. The van der Waals surface area contributed by atoms with Crippen molar-refractivity contribution >= 4 is 18.5 Å². The van der Waals surface area contributed by atoms with Gasteiger partial charge < -0.3 is 5.32 Å². The van der Waals surface area contributed by atoms with Crippen LogP contribution in [-0.2, 0) is 0 Å². The van der Waals surface area contributed by atoms with Crippen molar-refractivity contribution in [3.63, 3.8) is 0 Å². The predicted molar refractivity (Wildman–Crippen MR) is 55.8 cm³/mol. The lowest BCUT2D eigenvalue weighted by molar-refractivity contribution is 0.448. The van der Waals surface area contributed by atoms with E-state index < -0.39 is 0 Å². The fraction of sp³-hybridized carbons (Fsp3) is 1.00. The summed E-state index contributed by atoms with van der Waals surface area (Å²) >= 11 is 0. The molecule has 0 spiro atoms. The number of hydrogen-bond acceptors (Lipinski definition) is 1. The predicted octanol–water partition coefficient (Wildman–Crippen LogP) is 1.35. The van der Waals surface area contributed by atoms with E-state index in [-0.39, 0.29) is 0 Å². The van der Waals surface area contributed by atoms with Gasteiger partial charge in [-0.2, -0.15) is 0 Å². The van der Waals surface area contributed by atoms with Gasteiger partial charge >= 0.3 is 0 Å². The molecule has 0 aliphatic rings. The highest BCUT2D eigenvalue weighted by Crippen LogP contribution is 2.10. The second-order valence-corrected chi connectivity index (χ2v) is 3.52. The molecule has 3 unspecified atom stereocenters. The van der Waals surface area contributed by atoms with Crippen LogP contribution < -0.4 is 5.32 Å². The van der Waals surface area contributed by atoms with Crippen molar-refractivity contribution in [1.82, 2.24) is 5.32 Å². The number of nitrogens with one attached hydrogen (secondary N) is 1. The van der Waals surface area contributed by atoms with Crippen LogP contribution in [0.4, 0.5) is 0 Å². The summed E-state index contributed by atoms with van der Waals surface area (Å²) in [5.41, 5.74) is 0. The minimum absolute atomic E-state index is 0.653. The zero-order valence-electron chi connectivity index (χ0n) is 6.93. The van der Waals surface area contributed by atoms with Gasteiger partial charge in [0.1, 0.15) is 0 Å². The zero-order chi connectivity index (χ0) is 7.98. The first-order valence-corrected chi connectivity index (χ1v) is 5.53. The van der Waals surface area contributed by atoms with Gasteiger partial charge in [0.05, 0.1) is 0 Å². The van der Waals surface area contributed by atoms with Gasteiger partial charge in [0.25, 0.3) is 0 Å². The van der Waals surface area contributed by atoms with Crippen LogP contribution in [0.2, 0.25) is 0 Å². The third kappa shape index (κ3) is 3.86. The fourth-order valence-electron chi connectivity index (χ4n) is 0.993. The Labute approximate surface area is 69.1 Å². The second kappa shape index (κ2) is 6.53. The topological polar surface area (TPSA) is 12.0 Å². The molecule has 1 N–H and O–H groups in total. The van der Waals surface area contributed by atoms with E-state index in [0.717, 1.165) is 12.5 Å². The Balaban J connectivity index is 3.53. The van der Waals surface area contributed by atoms with Gasteiger partial charge in [0.2, 0.25) is 0 Å². The average molecular weight is 179 g/mol. The first-order valence-electron chi connectivity index (χ1n) is 3.89. The van der Waals surface area contributed by atoms with Crippen molar-refractivity contribution in [2.45, 2.75) is 19.9 Å². The maximum atomic E-state index is 3.42. The van der Waals surface area contributed by atoms with Gasteiger partial charge in [-0.25, -0.2) is 0 Å². The van der Waals surface area contributed by atoms with E-state index in [1.807, 2.05) is 0 Å². The number of rotatable bonds is 5. The van der Waals surface area contributed by atoms with E-state index in [9.17, 15) is 0 Å². The number of hydrogen-bond donors (Lipinski definition) is 1. The lowest BCUT2D eigenvalue weighted by atomic mass is 10.1. The van der Waals surface area contributed by atoms with E-state index in [1.54, 1.807) is 0 Å². The SMILES string of the molecule is CCNC(C)C(CP)CP. The van der Waals surface area contributed by atoms with Gasteiger partial charge in [-0.15, -0.1) is 18.5 Å². The van der Waals surface area contributed by atoms with Crippen molar-refractivity contribution in [3.8, 4) is 0 Å². The summed E-state index contributed by atoms with van der Waals surface area (Å²) in [6.45, 7) is 5.48. The Kier molecular flexibility index (Phi) is 7.06. The molecule has 0 bridgehead atoms. The Morgan fingerprint density at radius 1 is 1.30 bits per heavy atom. The molecule has 0 saturated heterocycles. The Bertz CT molecular complexity index is 74.0. The fourth-order valence-corrected chi connectivity index (χ4v) is 2.58. The summed E-state index contributed by atoms with van der Waals surface area (Å²) < 4.78 is 0. The van der Waals surface area contributed by atoms with Crippen LogP contribution in [-0.4, -0.2) is 24.9 Å². The first kappa shape index (κ1) is 10.8. The Hall–Kier alpha value is 0.820. The molecule has 10 heavy (non-hydrogen) atoms. The monoisotopic (exact) mass is 179 g/mol. The Morgan fingerprint density at radius 3 is 2.10 bits per heavy atom. The molecule has 1 nitrogen and oxygen atoms in total. The molecule has 0 saturated carbocycles. The molecule has 0 radical (unpaired) electrons. The zero-order valence-corrected chi connectivity index (χ0v) is 9.24. The summed E-state index contributed by atoms with van der Waals surface area (Å²) in [5, 5.41) is 3.42. The largest absolute Gasteiger partial charge is 0.314 e. The maximum Gasteiger partial charge on any atom is 0.00732 e. The Morgan fingerprint density at radius 2 is 1.80 bits per heavy atom. The van der Waals surface area contributed by atoms with Crippen molar-refractivity contribution in [2.24, 2.45) is 5.92 Å². The summed E-state index contributed by atoms with van der Waals surface area (Å²) in [4.78, 5) is 0. The molecule has 62 valence electrons. The maximum absolute atomic E-state index is 3.42. The van der Waals surface area contributed by atoms with Crippen molar-refractivity contribution in [3.05, 3.63) is 0 Å². The molecule has 0 rings (SSSR count). The van der Waals surface area contributed by atoms with E-state index >= 15 is 0 Å². The van der Waals surface area contributed by atoms with E-state index in [4.69, 9.17) is 0 Å². The van der Waals surface area contributed by atoms with Gasteiger partial charge in [-0.05, 0) is 31.7 Å². The van der Waals surface area contributed by atoms with Crippen LogP contribution in [0.3, 0.4) is 0 Å². The molecule has 0 aliphatic carbocycles. The minimum Gasteiger partial charge on any atom is -0.314 e. The molecule has 0 fully saturated rings. The van der Waals surface area contributed by atoms with Crippen molar-refractivity contribution in [2.75, 3.05) is 18.9 Å². The van der Waals surface area contributed by atoms with Crippen LogP contribution in [0, 0.1) is 5.92 Å². The molecule has 0 aromatic carbocycles. The molecule has 0 aromatic heterocycles. The lowest BCUT2D eigenvalue weighted by Crippen LogP contribution is -2.34. The van der Waals surface area contributed by atoms with Crippen LogP contribution >= 0.6 is 18.5 Å². The molecule has 0 heterocycles. The highest BCUT2D eigenvalue weighted by molar-refractivity contribution is 7.17. The molecule has 3 atom stereocenters. The van der Waals surface area contributed by atoms with Crippen LogP contribution in [0.15, 0.2) is 0 Å². The van der Waals surface area contributed by atoms with E-state index in [1.165, 1.54) is 12.3 Å². The lowest BCUT2D eigenvalue weighted by Gasteiger charge is -2.21. The van der Waals surface area contributed by atoms with Crippen molar-refractivity contribution < 1.29 is 0 Å².